The Labute approximate surface area is 125 Å². The zero-order valence-corrected chi connectivity index (χ0v) is 12.9. The number of hydrogen-bond donors (Lipinski definition) is 1. The lowest BCUT2D eigenvalue weighted by Gasteiger charge is -2.40. The zero-order valence-electron chi connectivity index (χ0n) is 12.0. The fraction of sp³-hybridized carbons (Fsp3) is 0.733. The molecule has 110 valence electrons. The highest BCUT2D eigenvalue weighted by Crippen LogP contribution is 2.43. The lowest BCUT2D eigenvalue weighted by atomic mass is 9.81. The van der Waals surface area contributed by atoms with Gasteiger partial charge in [-0.25, -0.2) is 9.97 Å². The first-order chi connectivity index (χ1) is 9.83. The third-order valence-corrected chi connectivity index (χ3v) is 5.58. The monoisotopic (exact) mass is 293 g/mol. The summed E-state index contributed by atoms with van der Waals surface area (Å²) in [6, 6.07) is 2.14. The molecule has 0 bridgehead atoms. The second-order valence-corrected chi connectivity index (χ2v) is 6.83. The van der Waals surface area contributed by atoms with Crippen LogP contribution in [0.2, 0.25) is 0 Å². The highest BCUT2D eigenvalue weighted by atomic mass is 32.2. The Balaban J connectivity index is 1.77. The summed E-state index contributed by atoms with van der Waals surface area (Å²) in [4.78, 5) is 8.94. The summed E-state index contributed by atoms with van der Waals surface area (Å²) in [6.45, 7) is 3.97. The number of aromatic nitrogens is 2. The van der Waals surface area contributed by atoms with Gasteiger partial charge in [0.05, 0.1) is 11.6 Å². The first-order valence-corrected chi connectivity index (χ1v) is 8.70. The SMILES string of the molecule is CCNC(c1ncccn1)C1CCOC2(CCSC2)C1. The van der Waals surface area contributed by atoms with Crippen LogP contribution in [0.4, 0.5) is 0 Å². The molecule has 20 heavy (non-hydrogen) atoms. The summed E-state index contributed by atoms with van der Waals surface area (Å²) in [5.41, 5.74) is 0.121. The minimum absolute atomic E-state index is 0.121. The molecular weight excluding hydrogens is 270 g/mol. The van der Waals surface area contributed by atoms with Gasteiger partial charge in [0.2, 0.25) is 0 Å². The molecule has 3 heterocycles. The number of nitrogens with zero attached hydrogens (tertiary/aromatic N) is 2. The maximum atomic E-state index is 6.13. The van der Waals surface area contributed by atoms with E-state index in [4.69, 9.17) is 4.74 Å². The molecule has 0 saturated carbocycles. The van der Waals surface area contributed by atoms with E-state index in [9.17, 15) is 0 Å². The third-order valence-electron chi connectivity index (χ3n) is 4.36. The Morgan fingerprint density at radius 3 is 3.05 bits per heavy atom. The van der Waals surface area contributed by atoms with Gasteiger partial charge >= 0.3 is 0 Å². The Morgan fingerprint density at radius 2 is 2.35 bits per heavy atom. The fourth-order valence-electron chi connectivity index (χ4n) is 3.37. The van der Waals surface area contributed by atoms with Crippen molar-refractivity contribution < 1.29 is 4.74 Å². The molecule has 2 saturated heterocycles. The molecule has 1 aromatic heterocycles. The van der Waals surface area contributed by atoms with E-state index in [1.165, 1.54) is 12.2 Å². The van der Waals surface area contributed by atoms with Gasteiger partial charge in [0.25, 0.3) is 0 Å². The molecular formula is C15H23N3OS. The van der Waals surface area contributed by atoms with Crippen LogP contribution in [0, 0.1) is 5.92 Å². The molecule has 0 aliphatic carbocycles. The van der Waals surface area contributed by atoms with Crippen LogP contribution in [-0.2, 0) is 4.74 Å². The normalized spacial score (nSPS) is 31.6. The number of ether oxygens (including phenoxy) is 1. The van der Waals surface area contributed by atoms with E-state index in [1.807, 2.05) is 30.2 Å². The predicted octanol–water partition coefficient (Wildman–Crippen LogP) is 2.43. The molecule has 3 rings (SSSR count). The quantitative estimate of drug-likeness (QED) is 0.924. The zero-order chi connectivity index (χ0) is 13.8. The Bertz CT molecular complexity index is 422. The Morgan fingerprint density at radius 1 is 1.50 bits per heavy atom. The molecule has 0 aromatic carbocycles. The largest absolute Gasteiger partial charge is 0.374 e. The van der Waals surface area contributed by atoms with Gasteiger partial charge < -0.3 is 10.1 Å². The molecule has 1 aromatic rings. The molecule has 1 N–H and O–H groups in total. The standard InChI is InChI=1S/C15H23N3OS/c1-2-16-13(14-17-6-3-7-18-14)12-4-8-19-15(10-12)5-9-20-11-15/h3,6-7,12-13,16H,2,4-5,8-11H2,1H3. The minimum atomic E-state index is 0.121. The van der Waals surface area contributed by atoms with E-state index in [0.717, 1.165) is 37.6 Å². The van der Waals surface area contributed by atoms with E-state index in [1.54, 1.807) is 0 Å². The summed E-state index contributed by atoms with van der Waals surface area (Å²) in [5, 5.41) is 3.59. The molecule has 3 unspecified atom stereocenters. The summed E-state index contributed by atoms with van der Waals surface area (Å²) < 4.78 is 6.13. The second kappa shape index (κ2) is 6.41. The molecule has 3 atom stereocenters. The lowest BCUT2D eigenvalue weighted by Crippen LogP contribution is -2.44. The smallest absolute Gasteiger partial charge is 0.145 e. The fourth-order valence-corrected chi connectivity index (χ4v) is 4.75. The molecule has 0 amide bonds. The van der Waals surface area contributed by atoms with E-state index >= 15 is 0 Å². The average Bonchev–Trinajstić information content (AvgIpc) is 2.93. The van der Waals surface area contributed by atoms with Crippen molar-refractivity contribution in [1.29, 1.82) is 0 Å². The van der Waals surface area contributed by atoms with Gasteiger partial charge in [0, 0.05) is 24.8 Å². The molecule has 2 aliphatic heterocycles. The second-order valence-electron chi connectivity index (χ2n) is 5.73. The molecule has 2 fully saturated rings. The van der Waals surface area contributed by atoms with E-state index in [0.29, 0.717) is 5.92 Å². The Hall–Kier alpha value is -0.650. The van der Waals surface area contributed by atoms with Crippen molar-refractivity contribution in [3.05, 3.63) is 24.3 Å². The van der Waals surface area contributed by atoms with Crippen molar-refractivity contribution in [2.45, 2.75) is 37.8 Å². The summed E-state index contributed by atoms with van der Waals surface area (Å²) in [6.07, 6.45) is 7.11. The minimum Gasteiger partial charge on any atom is -0.374 e. The van der Waals surface area contributed by atoms with Crippen molar-refractivity contribution in [2.24, 2.45) is 5.92 Å². The van der Waals surface area contributed by atoms with Crippen molar-refractivity contribution >= 4 is 11.8 Å². The van der Waals surface area contributed by atoms with Crippen LogP contribution in [0.1, 0.15) is 38.1 Å². The summed E-state index contributed by atoms with van der Waals surface area (Å²) in [5.74, 6) is 3.89. The van der Waals surface area contributed by atoms with Crippen LogP contribution in [0.25, 0.3) is 0 Å². The average molecular weight is 293 g/mol. The van der Waals surface area contributed by atoms with Gasteiger partial charge in [-0.05, 0) is 43.5 Å². The van der Waals surface area contributed by atoms with Crippen LogP contribution < -0.4 is 5.32 Å². The molecule has 2 aliphatic rings. The van der Waals surface area contributed by atoms with Gasteiger partial charge in [-0.15, -0.1) is 0 Å². The van der Waals surface area contributed by atoms with E-state index < -0.39 is 0 Å². The van der Waals surface area contributed by atoms with Crippen LogP contribution in [0.5, 0.6) is 0 Å². The van der Waals surface area contributed by atoms with Crippen LogP contribution in [0.3, 0.4) is 0 Å². The third kappa shape index (κ3) is 3.00. The number of rotatable bonds is 4. The highest BCUT2D eigenvalue weighted by Gasteiger charge is 2.43. The van der Waals surface area contributed by atoms with Gasteiger partial charge in [-0.1, -0.05) is 6.92 Å². The van der Waals surface area contributed by atoms with E-state index in [2.05, 4.69) is 22.2 Å². The number of nitrogens with one attached hydrogen (secondary N) is 1. The first kappa shape index (κ1) is 14.3. The van der Waals surface area contributed by atoms with Gasteiger partial charge in [0.1, 0.15) is 5.82 Å². The maximum absolute atomic E-state index is 6.13. The number of thioether (sulfide) groups is 1. The van der Waals surface area contributed by atoms with Crippen LogP contribution in [0.15, 0.2) is 18.5 Å². The lowest BCUT2D eigenvalue weighted by molar-refractivity contribution is -0.0858. The highest BCUT2D eigenvalue weighted by molar-refractivity contribution is 7.99. The van der Waals surface area contributed by atoms with Gasteiger partial charge in [0.15, 0.2) is 0 Å². The van der Waals surface area contributed by atoms with Crippen molar-refractivity contribution in [1.82, 2.24) is 15.3 Å². The first-order valence-electron chi connectivity index (χ1n) is 7.55. The Kier molecular flexibility index (Phi) is 4.58. The topological polar surface area (TPSA) is 47.0 Å². The molecule has 5 heteroatoms. The summed E-state index contributed by atoms with van der Waals surface area (Å²) >= 11 is 2.03. The molecule has 1 spiro atoms. The van der Waals surface area contributed by atoms with Gasteiger partial charge in [-0.3, -0.25) is 0 Å². The van der Waals surface area contributed by atoms with Crippen molar-refractivity contribution in [2.75, 3.05) is 24.7 Å². The molecule has 0 radical (unpaired) electrons. The van der Waals surface area contributed by atoms with Crippen molar-refractivity contribution in [3.8, 4) is 0 Å². The van der Waals surface area contributed by atoms with Crippen molar-refractivity contribution in [3.63, 3.8) is 0 Å². The predicted molar refractivity (Wildman–Crippen MR) is 81.8 cm³/mol. The number of hydrogen-bond acceptors (Lipinski definition) is 5. The van der Waals surface area contributed by atoms with Gasteiger partial charge in [-0.2, -0.15) is 11.8 Å². The van der Waals surface area contributed by atoms with Crippen LogP contribution in [-0.4, -0.2) is 40.2 Å². The molecule has 4 nitrogen and oxygen atoms in total. The van der Waals surface area contributed by atoms with E-state index in [-0.39, 0.29) is 11.6 Å². The van der Waals surface area contributed by atoms with Crippen LogP contribution >= 0.6 is 11.8 Å². The maximum Gasteiger partial charge on any atom is 0.145 e. The summed E-state index contributed by atoms with van der Waals surface area (Å²) in [7, 11) is 0.